The van der Waals surface area contributed by atoms with E-state index in [1.54, 1.807) is 9.96 Å². The maximum atomic E-state index is 2.50. The molecule has 1 heterocycles. The fourth-order valence-electron chi connectivity index (χ4n) is 3.81. The van der Waals surface area contributed by atoms with E-state index in [9.17, 15) is 0 Å². The topological polar surface area (TPSA) is 3.88 Å². The summed E-state index contributed by atoms with van der Waals surface area (Å²) in [4.78, 5) is 0. The van der Waals surface area contributed by atoms with Crippen LogP contribution in [-0.2, 0) is 13.5 Å². The zero-order valence-electron chi connectivity index (χ0n) is 17.0. The van der Waals surface area contributed by atoms with Crippen molar-refractivity contribution >= 4 is 17.7 Å². The summed E-state index contributed by atoms with van der Waals surface area (Å²) in [6.45, 7) is 11.3. The number of aromatic nitrogens is 1. The number of hydrogen-bond donors (Lipinski definition) is 0. The second-order valence-electron chi connectivity index (χ2n) is 8.83. The summed E-state index contributed by atoms with van der Waals surface area (Å²) in [6, 6.07) is 7.09. The molecule has 0 bridgehead atoms. The van der Waals surface area contributed by atoms with E-state index in [1.165, 1.54) is 34.4 Å². The van der Waals surface area contributed by atoms with Crippen molar-refractivity contribution in [2.75, 3.05) is 0 Å². The first kappa shape index (κ1) is 19.2. The van der Waals surface area contributed by atoms with Gasteiger partial charge >= 0.3 is 151 Å². The van der Waals surface area contributed by atoms with Gasteiger partial charge < -0.3 is 0 Å². The number of benzene rings is 1. The van der Waals surface area contributed by atoms with Crippen LogP contribution in [0.25, 0.3) is 11.3 Å². The van der Waals surface area contributed by atoms with Gasteiger partial charge in [0.05, 0.1) is 0 Å². The first-order valence-electron chi connectivity index (χ1n) is 9.12. The van der Waals surface area contributed by atoms with Gasteiger partial charge in [-0.05, 0) is 0 Å². The number of hydrogen-bond acceptors (Lipinski definition) is 0. The Morgan fingerprint density at radius 2 is 1.50 bits per heavy atom. The molecule has 0 saturated heterocycles. The third-order valence-corrected chi connectivity index (χ3v) is 9.06. The van der Waals surface area contributed by atoms with Crippen molar-refractivity contribution in [3.05, 3.63) is 46.6 Å². The Hall–Kier alpha value is -1.09. The van der Waals surface area contributed by atoms with Crippen molar-refractivity contribution < 1.29 is 4.57 Å². The molecule has 2 aromatic rings. The molecule has 2 rings (SSSR count). The number of aryl methyl sites for hydroxylation is 4. The number of nitrogens with zero attached hydrogens (tertiary/aromatic N) is 1. The summed E-state index contributed by atoms with van der Waals surface area (Å²) < 4.78 is 4.01. The van der Waals surface area contributed by atoms with E-state index in [2.05, 4.69) is 87.9 Å². The Kier molecular flexibility index (Phi) is 5.64. The predicted molar refractivity (Wildman–Crippen MR) is 109 cm³/mol. The molecule has 0 aliphatic carbocycles. The van der Waals surface area contributed by atoms with Gasteiger partial charge in [-0.15, -0.1) is 0 Å². The van der Waals surface area contributed by atoms with Gasteiger partial charge in [0.25, 0.3) is 0 Å². The van der Waals surface area contributed by atoms with Gasteiger partial charge in [-0.25, -0.2) is 0 Å². The summed E-state index contributed by atoms with van der Waals surface area (Å²) in [5, 5.41) is 0. The average Bonchev–Trinajstić information content (AvgIpc) is 2.38. The fraction of sp³-hybridized carbons (Fsp3) is 0.500. The Morgan fingerprint density at radius 3 is 1.96 bits per heavy atom. The second-order valence-corrected chi connectivity index (χ2v) is 19.4. The van der Waals surface area contributed by atoms with E-state index < -0.39 is 13.3 Å². The standard InChI is InChI=1S/C22H34GeN/c1-15(2)10-19-13-21(24(9)14-20(19)23(6,7)8)22-17(4)11-16(3)12-18(22)5/h11-15H,10H2,1-9H3/q+1. The molecule has 0 spiro atoms. The molecule has 2 heteroatoms. The van der Waals surface area contributed by atoms with E-state index in [0.717, 1.165) is 0 Å². The van der Waals surface area contributed by atoms with Crippen LogP contribution < -0.4 is 8.96 Å². The Labute approximate surface area is 151 Å². The van der Waals surface area contributed by atoms with Gasteiger partial charge in [0.2, 0.25) is 0 Å². The van der Waals surface area contributed by atoms with Crippen LogP contribution >= 0.6 is 0 Å². The fourth-order valence-corrected chi connectivity index (χ4v) is 7.41. The SMILES string of the molecule is Cc1cc(C)c(-c2cc(CC(C)C)[c]([Ge]([CH3])([CH3])[CH3])c[n+]2C)c(C)c1. The summed E-state index contributed by atoms with van der Waals surface area (Å²) in [6.07, 6.45) is 3.61. The van der Waals surface area contributed by atoms with Gasteiger partial charge in [-0.2, -0.15) is 0 Å². The Morgan fingerprint density at radius 1 is 0.958 bits per heavy atom. The molecule has 130 valence electrons. The molecule has 0 aliphatic rings. The average molecular weight is 385 g/mol. The van der Waals surface area contributed by atoms with Crippen LogP contribution in [0.2, 0.25) is 17.3 Å². The molecule has 0 atom stereocenters. The van der Waals surface area contributed by atoms with E-state index in [-0.39, 0.29) is 0 Å². The minimum atomic E-state index is -1.89. The van der Waals surface area contributed by atoms with Crippen molar-refractivity contribution in [3.63, 3.8) is 0 Å². The molecule has 0 unspecified atom stereocenters. The molecule has 0 amide bonds. The molecule has 1 aromatic heterocycles. The molecule has 1 nitrogen and oxygen atoms in total. The maximum absolute atomic E-state index is 2.50. The monoisotopic (exact) mass is 386 g/mol. The third-order valence-electron chi connectivity index (χ3n) is 4.73. The van der Waals surface area contributed by atoms with E-state index >= 15 is 0 Å². The Bertz CT molecular complexity index is 728. The van der Waals surface area contributed by atoms with Crippen LogP contribution in [0.4, 0.5) is 0 Å². The summed E-state index contributed by atoms with van der Waals surface area (Å²) in [5.74, 6) is 8.19. The normalized spacial score (nSPS) is 12.1. The number of pyridine rings is 1. The van der Waals surface area contributed by atoms with Crippen molar-refractivity contribution in [2.45, 2.75) is 58.3 Å². The molecule has 0 radical (unpaired) electrons. The molecule has 24 heavy (non-hydrogen) atoms. The summed E-state index contributed by atoms with van der Waals surface area (Å²) in [5.41, 5.74) is 8.44. The van der Waals surface area contributed by atoms with Crippen molar-refractivity contribution in [1.82, 2.24) is 0 Å². The quantitative estimate of drug-likeness (QED) is 0.524. The van der Waals surface area contributed by atoms with Crippen LogP contribution in [-0.4, -0.2) is 13.3 Å². The number of rotatable bonds is 4. The molecule has 1 aromatic carbocycles. The molecular weight excluding hydrogens is 351 g/mol. The summed E-state index contributed by atoms with van der Waals surface area (Å²) >= 11 is -1.89. The van der Waals surface area contributed by atoms with Crippen LogP contribution in [0.1, 0.15) is 36.1 Å². The van der Waals surface area contributed by atoms with Gasteiger partial charge in [-0.3, -0.25) is 0 Å². The van der Waals surface area contributed by atoms with E-state index in [4.69, 9.17) is 0 Å². The van der Waals surface area contributed by atoms with Gasteiger partial charge in [0.1, 0.15) is 0 Å². The van der Waals surface area contributed by atoms with Gasteiger partial charge in [0.15, 0.2) is 0 Å². The second kappa shape index (κ2) is 7.03. The van der Waals surface area contributed by atoms with Gasteiger partial charge in [0, 0.05) is 0 Å². The Balaban J connectivity index is 2.73. The van der Waals surface area contributed by atoms with Crippen LogP contribution in [0.15, 0.2) is 24.4 Å². The van der Waals surface area contributed by atoms with Gasteiger partial charge in [-0.1, -0.05) is 0 Å². The zero-order valence-corrected chi connectivity index (χ0v) is 19.1. The molecule has 0 N–H and O–H groups in total. The predicted octanol–water partition coefficient (Wildman–Crippen LogP) is 4.85. The molecular formula is C22H34GeN+. The first-order chi connectivity index (χ1) is 11.0. The minimum absolute atomic E-state index is 0.689. The molecule has 0 fully saturated rings. The van der Waals surface area contributed by atoms with Crippen molar-refractivity contribution in [2.24, 2.45) is 13.0 Å². The summed E-state index contributed by atoms with van der Waals surface area (Å²) in [7, 11) is 2.21. The van der Waals surface area contributed by atoms with E-state index in [0.29, 0.717) is 5.92 Å². The molecule has 0 aliphatic heterocycles. The van der Waals surface area contributed by atoms with Crippen LogP contribution in [0, 0.1) is 26.7 Å². The first-order valence-corrected chi connectivity index (χ1v) is 16.5. The van der Waals surface area contributed by atoms with Crippen LogP contribution in [0.5, 0.6) is 0 Å². The van der Waals surface area contributed by atoms with E-state index in [1.807, 2.05) is 0 Å². The zero-order chi connectivity index (χ0) is 18.2. The molecule has 0 saturated carbocycles. The van der Waals surface area contributed by atoms with Crippen molar-refractivity contribution in [1.29, 1.82) is 0 Å². The van der Waals surface area contributed by atoms with Crippen LogP contribution in [0.3, 0.4) is 0 Å². The van der Waals surface area contributed by atoms with Crippen molar-refractivity contribution in [3.8, 4) is 11.3 Å². The third kappa shape index (κ3) is 4.11.